The number of pyridine rings is 1. The summed E-state index contributed by atoms with van der Waals surface area (Å²) in [4.78, 5) is 25.6. The first-order chi connectivity index (χ1) is 11.7. The lowest BCUT2D eigenvalue weighted by molar-refractivity contribution is 0.0925. The highest BCUT2D eigenvalue weighted by Gasteiger charge is 2.39. The Labute approximate surface area is 141 Å². The van der Waals surface area contributed by atoms with E-state index in [1.165, 1.54) is 25.7 Å². The van der Waals surface area contributed by atoms with E-state index >= 15 is 0 Å². The maximum absolute atomic E-state index is 12.7. The van der Waals surface area contributed by atoms with Crippen LogP contribution in [0.3, 0.4) is 0 Å². The number of amides is 1. The lowest BCUT2D eigenvalue weighted by Gasteiger charge is -2.20. The van der Waals surface area contributed by atoms with Crippen molar-refractivity contribution in [3.05, 3.63) is 42.0 Å². The third-order valence-corrected chi connectivity index (χ3v) is 5.54. The minimum Gasteiger partial charge on any atom is -0.349 e. The molecular weight excluding hydrogens is 300 g/mol. The second-order valence-corrected chi connectivity index (χ2v) is 6.95. The van der Waals surface area contributed by atoms with Crippen LogP contribution in [-0.4, -0.2) is 26.9 Å². The van der Waals surface area contributed by atoms with Crippen molar-refractivity contribution in [2.75, 3.05) is 0 Å². The molecule has 2 fully saturated rings. The Balaban J connectivity index is 1.50. The van der Waals surface area contributed by atoms with Crippen LogP contribution in [0.5, 0.6) is 0 Å². The number of nitrogens with one attached hydrogen (secondary N) is 1. The Morgan fingerprint density at radius 2 is 2.12 bits per heavy atom. The number of carbonyl (C=O) groups excluding carboxylic acids is 1. The topological polar surface area (TPSA) is 67.8 Å². The van der Waals surface area contributed by atoms with E-state index in [-0.39, 0.29) is 5.91 Å². The molecule has 2 aromatic heterocycles. The van der Waals surface area contributed by atoms with Gasteiger partial charge in [-0.25, -0.2) is 9.97 Å². The zero-order chi connectivity index (χ0) is 16.5. The van der Waals surface area contributed by atoms with E-state index in [4.69, 9.17) is 0 Å². The second-order valence-electron chi connectivity index (χ2n) is 6.95. The lowest BCUT2D eigenvalue weighted by Crippen LogP contribution is -2.38. The summed E-state index contributed by atoms with van der Waals surface area (Å²) in [5, 5.41) is 3.24. The third kappa shape index (κ3) is 2.79. The normalized spacial score (nSPS) is 25.5. The first kappa shape index (κ1) is 15.2. The molecule has 2 aliphatic rings. The molecule has 2 saturated carbocycles. The van der Waals surface area contributed by atoms with Gasteiger partial charge in [-0.1, -0.05) is 12.8 Å². The number of nitrogens with zero attached hydrogens (tertiary/aromatic N) is 3. The molecule has 0 unspecified atom stereocenters. The molecule has 5 nitrogen and oxygen atoms in total. The largest absolute Gasteiger partial charge is 0.349 e. The van der Waals surface area contributed by atoms with Crippen LogP contribution in [0.2, 0.25) is 0 Å². The Hall–Kier alpha value is -2.30. The lowest BCUT2D eigenvalue weighted by atomic mass is 9.97. The molecule has 124 valence electrons. The molecule has 0 aromatic carbocycles. The second kappa shape index (κ2) is 6.30. The Morgan fingerprint density at radius 1 is 1.21 bits per heavy atom. The highest BCUT2D eigenvalue weighted by atomic mass is 16.1. The first-order valence-corrected chi connectivity index (χ1v) is 8.77. The maximum atomic E-state index is 12.7. The van der Waals surface area contributed by atoms with Gasteiger partial charge in [-0.15, -0.1) is 0 Å². The molecule has 1 N–H and O–H groups in total. The summed E-state index contributed by atoms with van der Waals surface area (Å²) in [5.41, 5.74) is 2.14. The van der Waals surface area contributed by atoms with Gasteiger partial charge in [0.05, 0.1) is 11.3 Å². The van der Waals surface area contributed by atoms with Gasteiger partial charge in [-0.05, 0) is 50.2 Å². The van der Waals surface area contributed by atoms with Crippen LogP contribution in [0.25, 0.3) is 11.4 Å². The SMILES string of the molecule is Cc1nc(-c2cccnc2)ncc1C(=O)N[C@H]1CC[C@@H]2CCC[C@@H]21. The number of aryl methyl sites for hydroxylation is 1. The van der Waals surface area contributed by atoms with Crippen molar-refractivity contribution in [2.45, 2.75) is 45.1 Å². The van der Waals surface area contributed by atoms with E-state index in [9.17, 15) is 4.79 Å². The molecule has 2 heterocycles. The third-order valence-electron chi connectivity index (χ3n) is 5.54. The summed E-state index contributed by atoms with van der Waals surface area (Å²) in [6.07, 6.45) is 11.3. The highest BCUT2D eigenvalue weighted by molar-refractivity contribution is 5.95. The highest BCUT2D eigenvalue weighted by Crippen LogP contribution is 2.44. The Kier molecular flexibility index (Phi) is 4.00. The van der Waals surface area contributed by atoms with E-state index in [0.717, 1.165) is 17.9 Å². The van der Waals surface area contributed by atoms with E-state index in [2.05, 4.69) is 20.3 Å². The summed E-state index contributed by atoms with van der Waals surface area (Å²) < 4.78 is 0. The van der Waals surface area contributed by atoms with Crippen LogP contribution in [0.15, 0.2) is 30.7 Å². The summed E-state index contributed by atoms with van der Waals surface area (Å²) in [6.45, 7) is 1.86. The Bertz CT molecular complexity index is 746. The van der Waals surface area contributed by atoms with Gasteiger partial charge in [0.2, 0.25) is 0 Å². The molecule has 1 amide bonds. The van der Waals surface area contributed by atoms with Crippen LogP contribution >= 0.6 is 0 Å². The quantitative estimate of drug-likeness (QED) is 0.942. The van der Waals surface area contributed by atoms with Gasteiger partial charge in [0.15, 0.2) is 5.82 Å². The van der Waals surface area contributed by atoms with Crippen molar-refractivity contribution < 1.29 is 4.79 Å². The number of hydrogen-bond donors (Lipinski definition) is 1. The molecule has 24 heavy (non-hydrogen) atoms. The summed E-state index contributed by atoms with van der Waals surface area (Å²) in [5.74, 6) is 2.06. The number of hydrogen-bond acceptors (Lipinski definition) is 4. The van der Waals surface area contributed by atoms with Crippen LogP contribution < -0.4 is 5.32 Å². The first-order valence-electron chi connectivity index (χ1n) is 8.77. The van der Waals surface area contributed by atoms with Gasteiger partial charge < -0.3 is 5.32 Å². The number of fused-ring (bicyclic) bond motifs is 1. The molecule has 2 aromatic rings. The van der Waals surface area contributed by atoms with E-state index in [1.807, 2.05) is 19.1 Å². The smallest absolute Gasteiger partial charge is 0.254 e. The molecule has 0 aliphatic heterocycles. The van der Waals surface area contributed by atoms with E-state index < -0.39 is 0 Å². The van der Waals surface area contributed by atoms with Crippen LogP contribution in [-0.2, 0) is 0 Å². The fraction of sp³-hybridized carbons (Fsp3) is 0.474. The predicted octanol–water partition coefficient (Wildman–Crippen LogP) is 3.16. The molecule has 4 rings (SSSR count). The molecule has 5 heteroatoms. The van der Waals surface area contributed by atoms with Crippen LogP contribution in [0.4, 0.5) is 0 Å². The molecule has 0 radical (unpaired) electrons. The van der Waals surface area contributed by atoms with Crippen molar-refractivity contribution in [3.63, 3.8) is 0 Å². The van der Waals surface area contributed by atoms with Gasteiger partial charge in [0.1, 0.15) is 0 Å². The van der Waals surface area contributed by atoms with Crippen LogP contribution in [0.1, 0.15) is 48.2 Å². The average molecular weight is 322 g/mol. The maximum Gasteiger partial charge on any atom is 0.254 e. The van der Waals surface area contributed by atoms with E-state index in [1.54, 1.807) is 18.6 Å². The standard InChI is InChI=1S/C19H22N4O/c1-12-16(11-21-18(22-12)14-5-3-9-20-10-14)19(24)23-17-8-7-13-4-2-6-15(13)17/h3,5,9-11,13,15,17H,2,4,6-8H2,1H3,(H,23,24)/t13-,15-,17-/m0/s1. The molecule has 0 saturated heterocycles. The molecule has 3 atom stereocenters. The van der Waals surface area contributed by atoms with Gasteiger partial charge in [-0.3, -0.25) is 9.78 Å². The summed E-state index contributed by atoms with van der Waals surface area (Å²) in [6, 6.07) is 4.09. The average Bonchev–Trinajstić information content (AvgIpc) is 3.20. The minimum atomic E-state index is -0.0391. The molecule has 0 bridgehead atoms. The van der Waals surface area contributed by atoms with Gasteiger partial charge in [-0.2, -0.15) is 0 Å². The number of carbonyl (C=O) groups is 1. The van der Waals surface area contributed by atoms with Crippen LogP contribution in [0, 0.1) is 18.8 Å². The van der Waals surface area contributed by atoms with E-state index in [0.29, 0.717) is 29.0 Å². The number of aromatic nitrogens is 3. The van der Waals surface area contributed by atoms with Gasteiger partial charge in [0.25, 0.3) is 5.91 Å². The Morgan fingerprint density at radius 3 is 2.92 bits per heavy atom. The number of rotatable bonds is 3. The summed E-state index contributed by atoms with van der Waals surface area (Å²) >= 11 is 0. The monoisotopic (exact) mass is 322 g/mol. The van der Waals surface area contributed by atoms with Gasteiger partial charge >= 0.3 is 0 Å². The zero-order valence-electron chi connectivity index (χ0n) is 13.9. The summed E-state index contributed by atoms with van der Waals surface area (Å²) in [7, 11) is 0. The minimum absolute atomic E-state index is 0.0391. The van der Waals surface area contributed by atoms with Crippen molar-refractivity contribution >= 4 is 5.91 Å². The van der Waals surface area contributed by atoms with Crippen molar-refractivity contribution in [1.82, 2.24) is 20.3 Å². The predicted molar refractivity (Wildman–Crippen MR) is 91.3 cm³/mol. The molecular formula is C19H22N4O. The van der Waals surface area contributed by atoms with Crippen molar-refractivity contribution in [1.29, 1.82) is 0 Å². The zero-order valence-corrected chi connectivity index (χ0v) is 13.9. The van der Waals surface area contributed by atoms with Gasteiger partial charge in [0, 0.05) is 30.2 Å². The fourth-order valence-corrected chi connectivity index (χ4v) is 4.31. The fourth-order valence-electron chi connectivity index (χ4n) is 4.31. The van der Waals surface area contributed by atoms with Crippen molar-refractivity contribution in [2.24, 2.45) is 11.8 Å². The molecule has 0 spiro atoms. The van der Waals surface area contributed by atoms with Crippen molar-refractivity contribution in [3.8, 4) is 11.4 Å². The molecule has 2 aliphatic carbocycles.